The van der Waals surface area contributed by atoms with E-state index >= 15 is 0 Å². The van der Waals surface area contributed by atoms with Gasteiger partial charge in [-0.3, -0.25) is 9.78 Å². The lowest BCUT2D eigenvalue weighted by Gasteiger charge is -2.19. The lowest BCUT2D eigenvalue weighted by molar-refractivity contribution is -0.142. The fourth-order valence-electron chi connectivity index (χ4n) is 4.73. The van der Waals surface area contributed by atoms with Gasteiger partial charge in [0.05, 0.1) is 7.11 Å². The minimum absolute atomic E-state index is 0.0561. The third-order valence-corrected chi connectivity index (χ3v) is 7.28. The Morgan fingerprint density at radius 2 is 1.45 bits per heavy atom. The molecule has 1 atom stereocenters. The van der Waals surface area contributed by atoms with Crippen LogP contribution in [0.15, 0.2) is 109 Å². The monoisotopic (exact) mass is 588 g/mol. The van der Waals surface area contributed by atoms with Crippen molar-refractivity contribution < 1.29 is 23.8 Å². The van der Waals surface area contributed by atoms with Crippen LogP contribution in [0.1, 0.15) is 48.0 Å². The topological polar surface area (TPSA) is 86.8 Å². The number of fused-ring (bicyclic) bond motifs is 1. The number of amides is 1. The average molecular weight is 589 g/mol. The van der Waals surface area contributed by atoms with Crippen LogP contribution >= 0.6 is 0 Å². The minimum atomic E-state index is -0.896. The zero-order valence-corrected chi connectivity index (χ0v) is 25.4. The van der Waals surface area contributed by atoms with Crippen LogP contribution in [0.5, 0.6) is 17.2 Å². The van der Waals surface area contributed by atoms with E-state index in [9.17, 15) is 9.59 Å². The van der Waals surface area contributed by atoms with Crippen molar-refractivity contribution in [2.45, 2.75) is 45.3 Å². The molecular weight excluding hydrogens is 552 g/mol. The van der Waals surface area contributed by atoms with Crippen LogP contribution in [-0.4, -0.2) is 30.0 Å². The molecule has 0 fully saturated rings. The molecule has 0 saturated heterocycles. The summed E-state index contributed by atoms with van der Waals surface area (Å²) in [7, 11) is 1.30. The Hall–Kier alpha value is -5.17. The second-order valence-electron chi connectivity index (χ2n) is 11.6. The predicted molar refractivity (Wildman–Crippen MR) is 171 cm³/mol. The van der Waals surface area contributed by atoms with Gasteiger partial charge in [-0.2, -0.15) is 0 Å². The van der Waals surface area contributed by atoms with Crippen molar-refractivity contribution in [3.05, 3.63) is 132 Å². The maximum absolute atomic E-state index is 13.2. The molecule has 5 rings (SSSR count). The summed E-state index contributed by atoms with van der Waals surface area (Å²) in [4.78, 5) is 30.2. The van der Waals surface area contributed by atoms with Crippen molar-refractivity contribution in [1.82, 2.24) is 10.3 Å². The van der Waals surface area contributed by atoms with Gasteiger partial charge in [-0.15, -0.1) is 0 Å². The summed E-state index contributed by atoms with van der Waals surface area (Å²) in [5.41, 5.74) is 3.38. The number of rotatable bonds is 10. The van der Waals surface area contributed by atoms with Gasteiger partial charge in [-0.05, 0) is 76.0 Å². The van der Waals surface area contributed by atoms with Gasteiger partial charge >= 0.3 is 5.97 Å². The molecule has 0 saturated carbocycles. The molecule has 7 heteroatoms. The number of methoxy groups -OCH3 is 1. The molecule has 1 N–H and O–H groups in total. The van der Waals surface area contributed by atoms with Gasteiger partial charge in [0, 0.05) is 18.0 Å². The van der Waals surface area contributed by atoms with Gasteiger partial charge in [0.1, 0.15) is 35.6 Å². The minimum Gasteiger partial charge on any atom is -0.489 e. The lowest BCUT2D eigenvalue weighted by Crippen LogP contribution is -2.43. The zero-order chi connectivity index (χ0) is 31.1. The van der Waals surface area contributed by atoms with Crippen LogP contribution in [0.2, 0.25) is 0 Å². The van der Waals surface area contributed by atoms with Crippen LogP contribution < -0.4 is 14.8 Å². The van der Waals surface area contributed by atoms with Crippen molar-refractivity contribution in [1.29, 1.82) is 0 Å². The Morgan fingerprint density at radius 1 is 0.773 bits per heavy atom. The van der Waals surface area contributed by atoms with Crippen LogP contribution in [0.3, 0.4) is 0 Å². The van der Waals surface area contributed by atoms with Gasteiger partial charge in [-0.1, -0.05) is 75.4 Å². The highest BCUT2D eigenvalue weighted by atomic mass is 16.5. The highest BCUT2D eigenvalue weighted by molar-refractivity contribution is 5.98. The summed E-state index contributed by atoms with van der Waals surface area (Å²) in [6.45, 7) is 6.96. The first-order valence-electron chi connectivity index (χ1n) is 14.5. The number of benzene rings is 4. The molecular formula is C37H36N2O5. The molecule has 1 heterocycles. The Kier molecular flexibility index (Phi) is 9.24. The van der Waals surface area contributed by atoms with Gasteiger partial charge in [0.2, 0.25) is 0 Å². The summed E-state index contributed by atoms with van der Waals surface area (Å²) >= 11 is 0. The molecule has 44 heavy (non-hydrogen) atoms. The van der Waals surface area contributed by atoms with Crippen LogP contribution in [0.25, 0.3) is 10.8 Å². The standard InChI is InChI=1S/C37H36N2O5/c1-37(2,3)29-13-18-31(19-14-29)44-32-17-12-27-23-38-33(22-28(27)21-32)35(40)39-34(36(41)42-4)20-25-10-15-30(16-11-25)43-24-26-8-6-5-7-9-26/h5-19,21-23,34H,20,24H2,1-4H3,(H,39,40). The van der Waals surface area contributed by atoms with Crippen molar-refractivity contribution in [3.8, 4) is 17.2 Å². The molecule has 0 aliphatic heterocycles. The highest BCUT2D eigenvalue weighted by Gasteiger charge is 2.23. The number of carbonyl (C=O) groups excluding carboxylic acids is 2. The quantitative estimate of drug-likeness (QED) is 0.171. The van der Waals surface area contributed by atoms with Crippen molar-refractivity contribution in [2.24, 2.45) is 0 Å². The molecule has 1 unspecified atom stereocenters. The number of carbonyl (C=O) groups is 2. The predicted octanol–water partition coefficient (Wildman–Crippen LogP) is 7.42. The summed E-state index contributed by atoms with van der Waals surface area (Å²) in [6.07, 6.45) is 1.88. The van der Waals surface area contributed by atoms with E-state index in [0.29, 0.717) is 18.1 Å². The molecule has 1 aromatic heterocycles. The fourth-order valence-corrected chi connectivity index (χ4v) is 4.73. The fraction of sp³-hybridized carbons (Fsp3) is 0.216. The first kappa shape index (κ1) is 30.3. The average Bonchev–Trinajstić information content (AvgIpc) is 3.03. The van der Waals surface area contributed by atoms with E-state index in [2.05, 4.69) is 43.2 Å². The third-order valence-electron chi connectivity index (χ3n) is 7.28. The molecule has 0 aliphatic carbocycles. The number of pyridine rings is 1. The van der Waals surface area contributed by atoms with E-state index in [-0.39, 0.29) is 17.5 Å². The maximum Gasteiger partial charge on any atom is 0.328 e. The number of esters is 1. The molecule has 0 spiro atoms. The lowest BCUT2D eigenvalue weighted by atomic mass is 9.87. The molecule has 5 aromatic rings. The molecule has 0 aliphatic rings. The molecule has 7 nitrogen and oxygen atoms in total. The van der Waals surface area contributed by atoms with Gasteiger partial charge < -0.3 is 19.5 Å². The number of hydrogen-bond donors (Lipinski definition) is 1. The molecule has 0 bridgehead atoms. The Bertz CT molecular complexity index is 1730. The first-order valence-corrected chi connectivity index (χ1v) is 14.5. The normalized spacial score (nSPS) is 11.9. The van der Waals surface area contributed by atoms with E-state index in [1.165, 1.54) is 12.7 Å². The number of ether oxygens (including phenoxy) is 3. The highest BCUT2D eigenvalue weighted by Crippen LogP contribution is 2.29. The van der Waals surface area contributed by atoms with Gasteiger partial charge in [-0.25, -0.2) is 4.79 Å². The SMILES string of the molecule is COC(=O)C(Cc1ccc(OCc2ccccc2)cc1)NC(=O)c1cc2cc(Oc3ccc(C(C)(C)C)cc3)ccc2cn1. The van der Waals surface area contributed by atoms with Crippen molar-refractivity contribution in [2.75, 3.05) is 7.11 Å². The van der Waals surface area contributed by atoms with E-state index in [4.69, 9.17) is 14.2 Å². The Balaban J connectivity index is 1.25. The summed E-state index contributed by atoms with van der Waals surface area (Å²) in [5.74, 6) is 1.05. The van der Waals surface area contributed by atoms with E-state index < -0.39 is 17.9 Å². The number of nitrogens with zero attached hydrogens (tertiary/aromatic N) is 1. The van der Waals surface area contributed by atoms with Crippen molar-refractivity contribution >= 4 is 22.6 Å². The third kappa shape index (κ3) is 7.81. The Labute approximate surface area is 257 Å². The smallest absolute Gasteiger partial charge is 0.328 e. The Morgan fingerprint density at radius 3 is 2.14 bits per heavy atom. The molecule has 4 aromatic carbocycles. The second-order valence-corrected chi connectivity index (χ2v) is 11.6. The summed E-state index contributed by atoms with van der Waals surface area (Å²) in [5, 5.41) is 4.44. The zero-order valence-electron chi connectivity index (χ0n) is 25.4. The van der Waals surface area contributed by atoms with Gasteiger partial charge in [0.25, 0.3) is 5.91 Å². The molecule has 1 amide bonds. The van der Waals surface area contributed by atoms with E-state index in [1.54, 1.807) is 12.3 Å². The number of aromatic nitrogens is 1. The molecule has 224 valence electrons. The largest absolute Gasteiger partial charge is 0.489 e. The van der Waals surface area contributed by atoms with E-state index in [1.807, 2.05) is 84.9 Å². The van der Waals surface area contributed by atoms with Gasteiger partial charge in [0.15, 0.2) is 0 Å². The molecule has 0 radical (unpaired) electrons. The van der Waals surface area contributed by atoms with Crippen molar-refractivity contribution in [3.63, 3.8) is 0 Å². The maximum atomic E-state index is 13.2. The number of hydrogen-bond acceptors (Lipinski definition) is 6. The van der Waals surface area contributed by atoms with Crippen LogP contribution in [0.4, 0.5) is 0 Å². The summed E-state index contributed by atoms with van der Waals surface area (Å²) < 4.78 is 16.9. The van der Waals surface area contributed by atoms with Crippen LogP contribution in [0, 0.1) is 0 Å². The number of nitrogens with one attached hydrogen (secondary N) is 1. The summed E-state index contributed by atoms with van der Waals surface area (Å²) in [6, 6.07) is 31.8. The first-order chi connectivity index (χ1) is 21.2. The second kappa shape index (κ2) is 13.4. The van der Waals surface area contributed by atoms with E-state index in [0.717, 1.165) is 27.6 Å². The van der Waals surface area contributed by atoms with Crippen LogP contribution in [-0.2, 0) is 28.0 Å².